The van der Waals surface area contributed by atoms with E-state index in [-0.39, 0.29) is 0 Å². The molecule has 1 aromatic rings. The lowest BCUT2D eigenvalue weighted by Crippen LogP contribution is -2.18. The molecule has 2 fully saturated rings. The maximum absolute atomic E-state index is 5.56. The highest BCUT2D eigenvalue weighted by Gasteiger charge is 2.29. The van der Waals surface area contributed by atoms with Gasteiger partial charge in [-0.25, -0.2) is 15.8 Å². The molecule has 2 aliphatic rings. The van der Waals surface area contributed by atoms with E-state index < -0.39 is 0 Å². The number of nitrogens with zero attached hydrogens (tertiary/aromatic N) is 2. The fourth-order valence-electron chi connectivity index (χ4n) is 2.46. The van der Waals surface area contributed by atoms with E-state index in [0.717, 1.165) is 35.5 Å². The normalized spacial score (nSPS) is 20.2. The van der Waals surface area contributed by atoms with Crippen LogP contribution in [0, 0.1) is 18.8 Å². The smallest absolute Gasteiger partial charge is 0.148 e. The quantitative estimate of drug-likeness (QED) is 0.541. The fourth-order valence-corrected chi connectivity index (χ4v) is 2.46. The highest BCUT2D eigenvalue weighted by Crippen LogP contribution is 2.40. The van der Waals surface area contributed by atoms with Crippen LogP contribution in [0.25, 0.3) is 0 Å². The summed E-state index contributed by atoms with van der Waals surface area (Å²) in [6.45, 7) is 5.30. The number of hydrogen-bond donors (Lipinski definition) is 3. The van der Waals surface area contributed by atoms with E-state index in [1.807, 2.05) is 6.92 Å². The first-order chi connectivity index (χ1) is 9.19. The summed E-state index contributed by atoms with van der Waals surface area (Å²) >= 11 is 0. The summed E-state index contributed by atoms with van der Waals surface area (Å²) in [6, 6.07) is 0. The third-order valence-corrected chi connectivity index (χ3v) is 4.26. The summed E-state index contributed by atoms with van der Waals surface area (Å²) in [5, 5.41) is 3.49. The third-order valence-electron chi connectivity index (χ3n) is 4.26. The van der Waals surface area contributed by atoms with E-state index in [4.69, 9.17) is 5.84 Å². The van der Waals surface area contributed by atoms with E-state index in [9.17, 15) is 0 Å². The van der Waals surface area contributed by atoms with E-state index in [0.29, 0.717) is 11.8 Å². The zero-order valence-electron chi connectivity index (χ0n) is 11.7. The van der Waals surface area contributed by atoms with E-state index in [2.05, 4.69) is 27.6 Å². The molecule has 2 aliphatic carbocycles. The molecule has 0 aromatic carbocycles. The van der Waals surface area contributed by atoms with E-state index in [1.165, 1.54) is 25.7 Å². The number of rotatable bonds is 6. The van der Waals surface area contributed by atoms with Crippen molar-refractivity contribution in [3.05, 3.63) is 11.4 Å². The van der Waals surface area contributed by atoms with Crippen LogP contribution < -0.4 is 16.6 Å². The number of anilines is 2. The molecule has 0 bridgehead atoms. The van der Waals surface area contributed by atoms with E-state index >= 15 is 0 Å². The number of aromatic nitrogens is 2. The average molecular weight is 261 g/mol. The van der Waals surface area contributed by atoms with Gasteiger partial charge in [0.2, 0.25) is 0 Å². The molecule has 104 valence electrons. The van der Waals surface area contributed by atoms with Crippen molar-refractivity contribution in [1.82, 2.24) is 9.97 Å². The Morgan fingerprint density at radius 1 is 1.21 bits per heavy atom. The van der Waals surface area contributed by atoms with Crippen molar-refractivity contribution in [1.29, 1.82) is 0 Å². The lowest BCUT2D eigenvalue weighted by Gasteiger charge is -2.16. The molecule has 0 radical (unpaired) electrons. The summed E-state index contributed by atoms with van der Waals surface area (Å²) in [5.41, 5.74) is 3.70. The van der Waals surface area contributed by atoms with Crippen LogP contribution in [0.2, 0.25) is 0 Å². The number of nitrogen functional groups attached to an aromatic ring is 1. The molecule has 4 N–H and O–H groups in total. The van der Waals surface area contributed by atoms with Crippen LogP contribution in [0.1, 0.15) is 49.9 Å². The molecular formula is C14H23N5. The van der Waals surface area contributed by atoms with Crippen molar-refractivity contribution in [3.63, 3.8) is 0 Å². The van der Waals surface area contributed by atoms with Crippen LogP contribution in [0.3, 0.4) is 0 Å². The Balaban J connectivity index is 1.75. The molecule has 0 amide bonds. The van der Waals surface area contributed by atoms with Gasteiger partial charge in [0.25, 0.3) is 0 Å². The van der Waals surface area contributed by atoms with Crippen molar-refractivity contribution in [2.45, 2.75) is 45.4 Å². The monoisotopic (exact) mass is 261 g/mol. The molecule has 1 unspecified atom stereocenters. The van der Waals surface area contributed by atoms with E-state index in [1.54, 1.807) is 0 Å². The topological polar surface area (TPSA) is 75.9 Å². The first-order valence-corrected chi connectivity index (χ1v) is 7.28. The first-order valence-electron chi connectivity index (χ1n) is 7.28. The van der Waals surface area contributed by atoms with Crippen LogP contribution in [0.5, 0.6) is 0 Å². The Kier molecular flexibility index (Phi) is 3.31. The summed E-state index contributed by atoms with van der Waals surface area (Å²) in [6.07, 6.45) is 5.17. The Morgan fingerprint density at radius 2 is 1.89 bits per heavy atom. The van der Waals surface area contributed by atoms with Gasteiger partial charge in [-0.3, -0.25) is 0 Å². The van der Waals surface area contributed by atoms with Crippen molar-refractivity contribution < 1.29 is 0 Å². The lowest BCUT2D eigenvalue weighted by atomic mass is 10.1. The highest BCUT2D eigenvalue weighted by molar-refractivity contribution is 5.57. The van der Waals surface area contributed by atoms with Gasteiger partial charge in [-0.05, 0) is 44.4 Å². The van der Waals surface area contributed by atoms with Crippen LogP contribution >= 0.6 is 0 Å². The number of hydrogen-bond acceptors (Lipinski definition) is 5. The maximum atomic E-state index is 5.56. The Bertz CT molecular complexity index is 465. The standard InChI is InChI=1S/C14H23N5/c1-8(10-3-4-10)7-16-12-9(2)13(19-15)18-14(17-12)11-5-6-11/h8,10-11H,3-7,15H2,1-2H3,(H2,16,17,18,19). The van der Waals surface area contributed by atoms with Crippen molar-refractivity contribution >= 4 is 11.6 Å². The van der Waals surface area contributed by atoms with Gasteiger partial charge in [-0.1, -0.05) is 6.92 Å². The van der Waals surface area contributed by atoms with Crippen molar-refractivity contribution in [2.75, 3.05) is 17.3 Å². The van der Waals surface area contributed by atoms with Gasteiger partial charge >= 0.3 is 0 Å². The molecule has 5 heteroatoms. The Morgan fingerprint density at radius 3 is 2.47 bits per heavy atom. The minimum absolute atomic E-state index is 0.536. The van der Waals surface area contributed by atoms with Gasteiger partial charge in [0.05, 0.1) is 0 Å². The largest absolute Gasteiger partial charge is 0.369 e. The Labute approximate surface area is 114 Å². The number of nitrogens with two attached hydrogens (primary N) is 1. The molecule has 5 nitrogen and oxygen atoms in total. The summed E-state index contributed by atoms with van der Waals surface area (Å²) in [5.74, 6) is 10.3. The predicted molar refractivity (Wildman–Crippen MR) is 76.9 cm³/mol. The summed E-state index contributed by atoms with van der Waals surface area (Å²) in [4.78, 5) is 9.18. The van der Waals surface area contributed by atoms with Gasteiger partial charge in [0.1, 0.15) is 17.5 Å². The second-order valence-corrected chi connectivity index (χ2v) is 6.02. The molecule has 2 saturated carbocycles. The molecule has 0 saturated heterocycles. The Hall–Kier alpha value is -1.36. The van der Waals surface area contributed by atoms with Crippen molar-refractivity contribution in [3.8, 4) is 0 Å². The minimum Gasteiger partial charge on any atom is -0.369 e. The fraction of sp³-hybridized carbons (Fsp3) is 0.714. The van der Waals surface area contributed by atoms with Crippen LogP contribution in [-0.2, 0) is 0 Å². The SMILES string of the molecule is Cc1c(NN)nc(C2CC2)nc1NCC(C)C1CC1. The maximum Gasteiger partial charge on any atom is 0.148 e. The lowest BCUT2D eigenvalue weighted by molar-refractivity contribution is 0.535. The molecule has 1 aromatic heterocycles. The van der Waals surface area contributed by atoms with Gasteiger partial charge in [-0.2, -0.15) is 0 Å². The zero-order valence-corrected chi connectivity index (χ0v) is 11.7. The zero-order chi connectivity index (χ0) is 13.4. The van der Waals surface area contributed by atoms with Gasteiger partial charge in [-0.15, -0.1) is 0 Å². The summed E-state index contributed by atoms with van der Waals surface area (Å²) < 4.78 is 0. The predicted octanol–water partition coefficient (Wildman–Crippen LogP) is 2.41. The first kappa shape index (κ1) is 12.7. The van der Waals surface area contributed by atoms with Gasteiger partial charge in [0, 0.05) is 18.0 Å². The average Bonchev–Trinajstić information content (AvgIpc) is 3.29. The highest BCUT2D eigenvalue weighted by atomic mass is 15.3. The van der Waals surface area contributed by atoms with Crippen molar-refractivity contribution in [2.24, 2.45) is 17.7 Å². The molecule has 3 rings (SSSR count). The minimum atomic E-state index is 0.536. The van der Waals surface area contributed by atoms with Gasteiger partial charge < -0.3 is 10.7 Å². The molecular weight excluding hydrogens is 238 g/mol. The van der Waals surface area contributed by atoms with Crippen LogP contribution in [0.15, 0.2) is 0 Å². The summed E-state index contributed by atoms with van der Waals surface area (Å²) in [7, 11) is 0. The van der Waals surface area contributed by atoms with Crippen LogP contribution in [-0.4, -0.2) is 16.5 Å². The number of hydrazine groups is 1. The second-order valence-electron chi connectivity index (χ2n) is 6.02. The second kappa shape index (κ2) is 4.96. The third kappa shape index (κ3) is 2.81. The van der Waals surface area contributed by atoms with Gasteiger partial charge in [0.15, 0.2) is 0 Å². The molecule has 0 aliphatic heterocycles. The molecule has 0 spiro atoms. The molecule has 19 heavy (non-hydrogen) atoms. The number of nitrogens with one attached hydrogen (secondary N) is 2. The molecule has 1 atom stereocenters. The van der Waals surface area contributed by atoms with Crippen LogP contribution in [0.4, 0.5) is 11.6 Å². The molecule has 1 heterocycles.